The van der Waals surface area contributed by atoms with Crippen LogP contribution in [0.4, 0.5) is 0 Å². The third kappa shape index (κ3) is 1.91. The molecule has 0 saturated heterocycles. The van der Waals surface area contributed by atoms with Crippen LogP contribution in [0.25, 0.3) is 0 Å². The molecule has 1 aliphatic carbocycles. The summed E-state index contributed by atoms with van der Waals surface area (Å²) in [6.45, 7) is 0. The van der Waals surface area contributed by atoms with Crippen LogP contribution in [0.15, 0.2) is 0 Å². The van der Waals surface area contributed by atoms with Crippen LogP contribution in [0.1, 0.15) is 19.3 Å². The Morgan fingerprint density at radius 3 is 2.55 bits per heavy atom. The number of carboxylic acid groups (broad SMARTS) is 1. The van der Waals surface area contributed by atoms with Crippen molar-refractivity contribution in [3.8, 4) is 0 Å². The largest absolute Gasteiger partial charge is 0.481 e. The number of hydrogen-bond acceptors (Lipinski definition) is 3. The van der Waals surface area contributed by atoms with E-state index in [2.05, 4.69) is 0 Å². The molecule has 4 nitrogen and oxygen atoms in total. The van der Waals surface area contributed by atoms with Crippen LogP contribution in [0.2, 0.25) is 0 Å². The van der Waals surface area contributed by atoms with E-state index >= 15 is 0 Å². The summed E-state index contributed by atoms with van der Waals surface area (Å²) >= 11 is 0. The van der Waals surface area contributed by atoms with Crippen LogP contribution in [-0.4, -0.2) is 28.3 Å². The summed E-state index contributed by atoms with van der Waals surface area (Å²) in [5.41, 5.74) is 5.49. The molecule has 64 valence electrons. The van der Waals surface area contributed by atoms with Crippen molar-refractivity contribution >= 4 is 5.97 Å². The molecular weight excluding hydrogens is 146 g/mol. The molecule has 0 heterocycles. The number of nitrogens with two attached hydrogens (primary N) is 1. The van der Waals surface area contributed by atoms with Crippen LogP contribution in [0, 0.1) is 5.92 Å². The zero-order chi connectivity index (χ0) is 8.43. The third-order valence-electron chi connectivity index (χ3n) is 2.21. The van der Waals surface area contributed by atoms with E-state index in [9.17, 15) is 4.79 Å². The van der Waals surface area contributed by atoms with Crippen molar-refractivity contribution in [1.29, 1.82) is 0 Å². The van der Waals surface area contributed by atoms with Gasteiger partial charge in [-0.05, 0) is 19.3 Å². The van der Waals surface area contributed by atoms with Gasteiger partial charge in [0.05, 0.1) is 12.0 Å². The summed E-state index contributed by atoms with van der Waals surface area (Å²) < 4.78 is 0. The Labute approximate surface area is 65.0 Å². The fourth-order valence-corrected chi connectivity index (χ4v) is 1.41. The Kier molecular flexibility index (Phi) is 2.46. The molecule has 0 amide bonds. The number of carboxylic acids is 1. The first-order valence-electron chi connectivity index (χ1n) is 3.77. The minimum absolute atomic E-state index is 0.353. The quantitative estimate of drug-likeness (QED) is 0.484. The molecule has 1 fully saturated rings. The van der Waals surface area contributed by atoms with Gasteiger partial charge in [-0.15, -0.1) is 0 Å². The van der Waals surface area contributed by atoms with Crippen molar-refractivity contribution in [3.05, 3.63) is 0 Å². The summed E-state index contributed by atoms with van der Waals surface area (Å²) in [6, 6.07) is -0.357. The molecule has 4 heteroatoms. The average Bonchev–Trinajstić information content (AvgIpc) is 1.94. The molecule has 1 rings (SSSR count). The van der Waals surface area contributed by atoms with Gasteiger partial charge < -0.3 is 15.9 Å². The van der Waals surface area contributed by atoms with E-state index in [0.717, 1.165) is 0 Å². The van der Waals surface area contributed by atoms with Crippen LogP contribution < -0.4 is 5.73 Å². The lowest BCUT2D eigenvalue weighted by molar-refractivity contribution is -0.143. The number of carbonyl (C=O) groups is 1. The summed E-state index contributed by atoms with van der Waals surface area (Å²) in [4.78, 5) is 10.5. The zero-order valence-electron chi connectivity index (χ0n) is 6.23. The van der Waals surface area contributed by atoms with E-state index < -0.39 is 12.1 Å². The smallest absolute Gasteiger partial charge is 0.306 e. The highest BCUT2D eigenvalue weighted by atomic mass is 16.4. The van der Waals surface area contributed by atoms with Gasteiger partial charge in [-0.3, -0.25) is 4.79 Å². The molecule has 4 N–H and O–H groups in total. The molecule has 0 aromatic rings. The highest BCUT2D eigenvalue weighted by Gasteiger charge is 2.30. The first-order valence-corrected chi connectivity index (χ1v) is 3.77. The standard InChI is InChI=1S/C7H13NO3/c8-5-3-4(7(10)11)1-2-6(5)9/h4-6,9H,1-3,8H2,(H,10,11)/t4?,5-,6-/m1/s1. The molecule has 11 heavy (non-hydrogen) atoms. The van der Waals surface area contributed by atoms with Gasteiger partial charge in [-0.25, -0.2) is 0 Å². The normalized spacial score (nSPS) is 38.5. The molecule has 0 aliphatic heterocycles. The predicted octanol–water partition coefficient (Wildman–Crippen LogP) is -0.441. The van der Waals surface area contributed by atoms with Crippen molar-refractivity contribution in [2.75, 3.05) is 0 Å². The summed E-state index contributed by atoms with van der Waals surface area (Å²) in [5.74, 6) is -1.15. The topological polar surface area (TPSA) is 83.6 Å². The molecule has 0 bridgehead atoms. The van der Waals surface area contributed by atoms with Crippen molar-refractivity contribution in [3.63, 3.8) is 0 Å². The molecule has 0 spiro atoms. The summed E-state index contributed by atoms with van der Waals surface area (Å²) in [5, 5.41) is 17.8. The first kappa shape index (κ1) is 8.49. The van der Waals surface area contributed by atoms with E-state index in [1.165, 1.54) is 0 Å². The first-order chi connectivity index (χ1) is 5.11. The van der Waals surface area contributed by atoms with Gasteiger partial charge in [-0.2, -0.15) is 0 Å². The molecule has 1 saturated carbocycles. The maximum absolute atomic E-state index is 10.5. The van der Waals surface area contributed by atoms with Crippen LogP contribution in [0.3, 0.4) is 0 Å². The molecule has 1 unspecified atom stereocenters. The van der Waals surface area contributed by atoms with E-state index in [-0.39, 0.29) is 12.0 Å². The zero-order valence-corrected chi connectivity index (χ0v) is 6.23. The van der Waals surface area contributed by atoms with Gasteiger partial charge in [0, 0.05) is 6.04 Å². The Morgan fingerprint density at radius 2 is 2.09 bits per heavy atom. The highest BCUT2D eigenvalue weighted by Crippen LogP contribution is 2.23. The van der Waals surface area contributed by atoms with Crippen molar-refractivity contribution in [1.82, 2.24) is 0 Å². The Bertz CT molecular complexity index is 160. The van der Waals surface area contributed by atoms with Crippen LogP contribution >= 0.6 is 0 Å². The third-order valence-corrected chi connectivity index (χ3v) is 2.21. The number of aliphatic carboxylic acids is 1. The fraction of sp³-hybridized carbons (Fsp3) is 0.857. The molecule has 0 aromatic carbocycles. The fourth-order valence-electron chi connectivity index (χ4n) is 1.41. The molecule has 0 aromatic heterocycles. The van der Waals surface area contributed by atoms with E-state index in [4.69, 9.17) is 15.9 Å². The Morgan fingerprint density at radius 1 is 1.45 bits per heavy atom. The highest BCUT2D eigenvalue weighted by molar-refractivity contribution is 5.70. The molecule has 1 aliphatic rings. The van der Waals surface area contributed by atoms with E-state index in [1.54, 1.807) is 0 Å². The minimum atomic E-state index is -0.799. The van der Waals surface area contributed by atoms with Gasteiger partial charge in [-0.1, -0.05) is 0 Å². The van der Waals surface area contributed by atoms with Crippen LogP contribution in [0.5, 0.6) is 0 Å². The number of aliphatic hydroxyl groups is 1. The van der Waals surface area contributed by atoms with Gasteiger partial charge in [0.25, 0.3) is 0 Å². The number of hydrogen-bond donors (Lipinski definition) is 3. The maximum atomic E-state index is 10.5. The Balaban J connectivity index is 2.46. The van der Waals surface area contributed by atoms with Crippen molar-refractivity contribution in [2.24, 2.45) is 11.7 Å². The second-order valence-electron chi connectivity index (χ2n) is 3.08. The molecule has 3 atom stereocenters. The van der Waals surface area contributed by atoms with E-state index in [0.29, 0.717) is 19.3 Å². The van der Waals surface area contributed by atoms with Crippen molar-refractivity contribution < 1.29 is 15.0 Å². The summed E-state index contributed by atoms with van der Waals surface area (Å²) in [7, 11) is 0. The maximum Gasteiger partial charge on any atom is 0.306 e. The lowest BCUT2D eigenvalue weighted by Gasteiger charge is -2.28. The summed E-state index contributed by atoms with van der Waals surface area (Å²) in [6.07, 6.45) is 0.948. The molecular formula is C7H13NO3. The van der Waals surface area contributed by atoms with Gasteiger partial charge in [0.2, 0.25) is 0 Å². The lowest BCUT2D eigenvalue weighted by Crippen LogP contribution is -2.42. The minimum Gasteiger partial charge on any atom is -0.481 e. The second-order valence-corrected chi connectivity index (χ2v) is 3.08. The predicted molar refractivity (Wildman–Crippen MR) is 39.0 cm³/mol. The van der Waals surface area contributed by atoms with Gasteiger partial charge in [0.1, 0.15) is 0 Å². The SMILES string of the molecule is N[C@@H]1CC(C(=O)O)CC[C@H]1O. The molecule has 0 radical (unpaired) electrons. The van der Waals surface area contributed by atoms with E-state index in [1.807, 2.05) is 0 Å². The number of rotatable bonds is 1. The lowest BCUT2D eigenvalue weighted by atomic mass is 9.84. The van der Waals surface area contributed by atoms with Crippen LogP contribution in [-0.2, 0) is 4.79 Å². The average molecular weight is 159 g/mol. The van der Waals surface area contributed by atoms with Gasteiger partial charge >= 0.3 is 5.97 Å². The van der Waals surface area contributed by atoms with Gasteiger partial charge in [0.15, 0.2) is 0 Å². The monoisotopic (exact) mass is 159 g/mol. The Hall–Kier alpha value is -0.610. The second kappa shape index (κ2) is 3.19. The number of aliphatic hydroxyl groups excluding tert-OH is 1. The van der Waals surface area contributed by atoms with Crippen molar-refractivity contribution in [2.45, 2.75) is 31.4 Å².